The van der Waals surface area contributed by atoms with Gasteiger partial charge < -0.3 is 10.1 Å². The lowest BCUT2D eigenvalue weighted by atomic mass is 10.0. The number of amides is 1. The fourth-order valence-electron chi connectivity index (χ4n) is 3.09. The van der Waals surface area contributed by atoms with Crippen molar-refractivity contribution in [2.45, 2.75) is 0 Å². The molecule has 1 amide bonds. The van der Waals surface area contributed by atoms with Crippen LogP contribution in [0.25, 0.3) is 0 Å². The van der Waals surface area contributed by atoms with Crippen molar-refractivity contribution < 1.29 is 22.7 Å². The second-order valence-corrected chi connectivity index (χ2v) is 9.77. The summed E-state index contributed by atoms with van der Waals surface area (Å²) in [5.74, 6) is -0.629. The van der Waals surface area contributed by atoms with Gasteiger partial charge in [-0.1, -0.05) is 53.5 Å². The number of rotatable bonds is 8. The minimum atomic E-state index is -3.83. The Morgan fingerprint density at radius 1 is 1.00 bits per heavy atom. The van der Waals surface area contributed by atoms with Crippen LogP contribution in [0.15, 0.2) is 66.7 Å². The van der Waals surface area contributed by atoms with Gasteiger partial charge in [0.25, 0.3) is 0 Å². The van der Waals surface area contributed by atoms with Gasteiger partial charge in [0.2, 0.25) is 15.9 Å². The average Bonchev–Trinajstić information content (AvgIpc) is 2.78. The van der Waals surface area contributed by atoms with Crippen LogP contribution in [-0.2, 0) is 14.8 Å². The molecule has 3 aromatic rings. The molecule has 172 valence electrons. The summed E-state index contributed by atoms with van der Waals surface area (Å²) in [4.78, 5) is 25.8. The van der Waals surface area contributed by atoms with E-state index >= 15 is 0 Å². The second kappa shape index (κ2) is 10.2. The third-order valence-electron chi connectivity index (χ3n) is 4.65. The largest absolute Gasteiger partial charge is 0.495 e. The Bertz CT molecular complexity index is 1300. The summed E-state index contributed by atoms with van der Waals surface area (Å²) in [5.41, 5.74) is 0.996. The summed E-state index contributed by atoms with van der Waals surface area (Å²) in [7, 11) is -2.40. The minimum Gasteiger partial charge on any atom is -0.495 e. The first kappa shape index (κ1) is 24.6. The number of nitrogens with one attached hydrogen (secondary N) is 1. The van der Waals surface area contributed by atoms with E-state index in [1.54, 1.807) is 30.3 Å². The molecule has 0 fully saturated rings. The molecule has 0 radical (unpaired) electrons. The average molecular weight is 507 g/mol. The van der Waals surface area contributed by atoms with E-state index in [2.05, 4.69) is 5.32 Å². The van der Waals surface area contributed by atoms with Gasteiger partial charge in [-0.15, -0.1) is 0 Å². The smallest absolute Gasteiger partial charge is 0.245 e. The molecule has 0 saturated carbocycles. The Hall–Kier alpha value is -3.07. The maximum Gasteiger partial charge on any atom is 0.245 e. The van der Waals surface area contributed by atoms with Gasteiger partial charge in [0.1, 0.15) is 12.3 Å². The summed E-state index contributed by atoms with van der Waals surface area (Å²) in [5, 5.41) is 3.13. The zero-order chi connectivity index (χ0) is 24.2. The molecule has 3 aromatic carbocycles. The van der Waals surface area contributed by atoms with Crippen LogP contribution < -0.4 is 14.4 Å². The molecular formula is C23H20Cl2N2O5S. The number of ether oxygens (including phenoxy) is 1. The number of methoxy groups -OCH3 is 1. The first-order valence-corrected chi connectivity index (χ1v) is 12.2. The quantitative estimate of drug-likeness (QED) is 0.449. The van der Waals surface area contributed by atoms with Crippen LogP contribution in [0.3, 0.4) is 0 Å². The van der Waals surface area contributed by atoms with Crippen molar-refractivity contribution in [3.8, 4) is 5.75 Å². The van der Waals surface area contributed by atoms with Crippen molar-refractivity contribution in [1.82, 2.24) is 0 Å². The molecule has 10 heteroatoms. The normalized spacial score (nSPS) is 11.0. The molecule has 33 heavy (non-hydrogen) atoms. The van der Waals surface area contributed by atoms with Gasteiger partial charge in [-0.25, -0.2) is 8.42 Å². The van der Waals surface area contributed by atoms with Gasteiger partial charge in [0.15, 0.2) is 5.78 Å². The van der Waals surface area contributed by atoms with Crippen LogP contribution in [0, 0.1) is 0 Å². The Labute approximate surface area is 201 Å². The molecule has 0 spiro atoms. The highest BCUT2D eigenvalue weighted by molar-refractivity contribution is 7.92. The molecule has 7 nitrogen and oxygen atoms in total. The van der Waals surface area contributed by atoms with E-state index < -0.39 is 22.5 Å². The summed E-state index contributed by atoms with van der Waals surface area (Å²) < 4.78 is 30.8. The van der Waals surface area contributed by atoms with Gasteiger partial charge in [0.05, 0.1) is 29.8 Å². The molecule has 0 saturated heterocycles. The molecule has 0 atom stereocenters. The molecule has 3 rings (SSSR count). The number of halogens is 2. The number of anilines is 2. The lowest BCUT2D eigenvalue weighted by Crippen LogP contribution is -2.37. The van der Waals surface area contributed by atoms with Crippen LogP contribution in [0.5, 0.6) is 5.75 Å². The van der Waals surface area contributed by atoms with Crippen molar-refractivity contribution in [1.29, 1.82) is 0 Å². The molecule has 0 aliphatic heterocycles. The van der Waals surface area contributed by atoms with Crippen LogP contribution >= 0.6 is 23.2 Å². The zero-order valence-corrected chi connectivity index (χ0v) is 20.0. The number of sulfonamides is 1. The van der Waals surface area contributed by atoms with Crippen molar-refractivity contribution in [3.05, 3.63) is 87.9 Å². The standard InChI is InChI=1S/C23H20Cl2N2O5S/c1-32-21-11-9-17(13-19(21)25)27(33(2,30)31)14-22(28)26-20-10-8-16(24)12-18(20)23(29)15-6-4-3-5-7-15/h3-13H,14H2,1-2H3,(H,26,28). The first-order valence-electron chi connectivity index (χ1n) is 9.60. The van der Waals surface area contributed by atoms with E-state index in [9.17, 15) is 18.0 Å². The van der Waals surface area contributed by atoms with Crippen molar-refractivity contribution in [3.63, 3.8) is 0 Å². The minimum absolute atomic E-state index is 0.181. The molecule has 0 aromatic heterocycles. The van der Waals surface area contributed by atoms with E-state index in [0.717, 1.165) is 10.6 Å². The maximum atomic E-state index is 13.0. The van der Waals surface area contributed by atoms with Crippen molar-refractivity contribution >= 4 is 56.3 Å². The third-order valence-corrected chi connectivity index (χ3v) is 6.32. The molecule has 0 unspecified atom stereocenters. The Balaban J connectivity index is 1.89. The Morgan fingerprint density at radius 2 is 1.70 bits per heavy atom. The van der Waals surface area contributed by atoms with Gasteiger partial charge >= 0.3 is 0 Å². The lowest BCUT2D eigenvalue weighted by molar-refractivity contribution is -0.114. The fraction of sp³-hybridized carbons (Fsp3) is 0.130. The van der Waals surface area contributed by atoms with Gasteiger partial charge in [-0.2, -0.15) is 0 Å². The van der Waals surface area contributed by atoms with E-state index in [4.69, 9.17) is 27.9 Å². The number of benzene rings is 3. The zero-order valence-electron chi connectivity index (χ0n) is 17.7. The fourth-order valence-corrected chi connectivity index (χ4v) is 4.36. The maximum absolute atomic E-state index is 13.0. The van der Waals surface area contributed by atoms with Gasteiger partial charge in [-0.3, -0.25) is 13.9 Å². The number of nitrogens with zero attached hydrogens (tertiary/aromatic N) is 1. The first-order chi connectivity index (χ1) is 15.6. The third kappa shape index (κ3) is 6.04. The lowest BCUT2D eigenvalue weighted by Gasteiger charge is -2.23. The predicted molar refractivity (Wildman–Crippen MR) is 130 cm³/mol. The highest BCUT2D eigenvalue weighted by Gasteiger charge is 2.23. The number of hydrogen-bond acceptors (Lipinski definition) is 5. The second-order valence-electron chi connectivity index (χ2n) is 7.02. The Kier molecular flexibility index (Phi) is 7.63. The SMILES string of the molecule is COc1ccc(N(CC(=O)Nc2ccc(Cl)cc2C(=O)c2ccccc2)S(C)(=O)=O)cc1Cl. The number of ketones is 1. The van der Waals surface area contributed by atoms with E-state index in [1.807, 2.05) is 0 Å². The van der Waals surface area contributed by atoms with Crippen molar-refractivity contribution in [2.24, 2.45) is 0 Å². The monoisotopic (exact) mass is 506 g/mol. The van der Waals surface area contributed by atoms with Gasteiger partial charge in [0, 0.05) is 16.1 Å². The van der Waals surface area contributed by atoms with Gasteiger partial charge in [-0.05, 0) is 36.4 Å². The molecule has 0 heterocycles. The number of carbonyl (C=O) groups is 2. The molecule has 0 bridgehead atoms. The molecule has 0 aliphatic carbocycles. The van der Waals surface area contributed by atoms with E-state index in [-0.39, 0.29) is 27.7 Å². The molecule has 1 N–H and O–H groups in total. The highest BCUT2D eigenvalue weighted by Crippen LogP contribution is 2.30. The summed E-state index contributed by atoms with van der Waals surface area (Å²) in [6, 6.07) is 17.4. The number of carbonyl (C=O) groups excluding carboxylic acids is 2. The van der Waals surface area contributed by atoms with Crippen LogP contribution in [0.1, 0.15) is 15.9 Å². The van der Waals surface area contributed by atoms with Crippen LogP contribution in [0.4, 0.5) is 11.4 Å². The summed E-state index contributed by atoms with van der Waals surface area (Å²) >= 11 is 12.2. The highest BCUT2D eigenvalue weighted by atomic mass is 35.5. The molecule has 0 aliphatic rings. The summed E-state index contributed by atoms with van der Waals surface area (Å²) in [6.45, 7) is -0.539. The Morgan fingerprint density at radius 3 is 2.30 bits per heavy atom. The topological polar surface area (TPSA) is 92.8 Å². The van der Waals surface area contributed by atoms with E-state index in [0.29, 0.717) is 16.3 Å². The predicted octanol–water partition coefficient (Wildman–Crippen LogP) is 4.64. The van der Waals surface area contributed by atoms with Crippen molar-refractivity contribution in [2.75, 3.05) is 29.5 Å². The van der Waals surface area contributed by atoms with Crippen LogP contribution in [0.2, 0.25) is 10.0 Å². The van der Waals surface area contributed by atoms with Crippen LogP contribution in [-0.4, -0.2) is 40.0 Å². The van der Waals surface area contributed by atoms with E-state index in [1.165, 1.54) is 43.5 Å². The molecular weight excluding hydrogens is 487 g/mol. The number of hydrogen-bond donors (Lipinski definition) is 1. The summed E-state index contributed by atoms with van der Waals surface area (Å²) in [6.07, 6.45) is 0.977.